The average Bonchev–Trinajstić information content (AvgIpc) is 2.84. The number of hydrogen-bond donors (Lipinski definition) is 4. The summed E-state index contributed by atoms with van der Waals surface area (Å²) in [4.78, 5) is 23.7. The van der Waals surface area contributed by atoms with Crippen molar-refractivity contribution in [1.82, 2.24) is 24.9 Å². The lowest BCUT2D eigenvalue weighted by Crippen LogP contribution is -2.37. The van der Waals surface area contributed by atoms with Crippen LogP contribution in [-0.4, -0.2) is 80.8 Å². The van der Waals surface area contributed by atoms with Crippen molar-refractivity contribution in [3.63, 3.8) is 0 Å². The lowest BCUT2D eigenvalue weighted by molar-refractivity contribution is 0.0597. The highest BCUT2D eigenvalue weighted by Crippen LogP contribution is 2.25. The van der Waals surface area contributed by atoms with Gasteiger partial charge in [-0.05, 0) is 6.07 Å². The summed E-state index contributed by atoms with van der Waals surface area (Å²) in [5.74, 6) is 1.60. The van der Waals surface area contributed by atoms with Gasteiger partial charge in [-0.1, -0.05) is 0 Å². The lowest BCUT2D eigenvalue weighted by atomic mass is 10.2. The normalized spacial score (nSPS) is 13.9. The Kier molecular flexibility index (Phi) is 6.84. The number of ether oxygens (including phenoxy) is 2. The first-order chi connectivity index (χ1) is 15.6. The molecule has 4 rings (SSSR count). The summed E-state index contributed by atoms with van der Waals surface area (Å²) in [6, 6.07) is 5.19. The quantitative estimate of drug-likeness (QED) is 0.377. The van der Waals surface area contributed by atoms with Crippen LogP contribution in [0, 0.1) is 0 Å². The maximum atomic E-state index is 9.14. The molecule has 0 bridgehead atoms. The van der Waals surface area contributed by atoms with Crippen LogP contribution in [0.4, 0.5) is 23.4 Å². The fourth-order valence-electron chi connectivity index (χ4n) is 3.00. The van der Waals surface area contributed by atoms with Crippen molar-refractivity contribution in [3.05, 3.63) is 36.8 Å². The predicted molar refractivity (Wildman–Crippen MR) is 117 cm³/mol. The van der Waals surface area contributed by atoms with Crippen molar-refractivity contribution in [2.45, 2.75) is 6.10 Å². The van der Waals surface area contributed by atoms with Gasteiger partial charge in [0.25, 0.3) is 0 Å². The Morgan fingerprint density at radius 2 is 1.81 bits per heavy atom. The number of aromatic nitrogens is 5. The topological polar surface area (TPSA) is 165 Å². The fourth-order valence-corrected chi connectivity index (χ4v) is 3.00. The third kappa shape index (κ3) is 5.35. The summed E-state index contributed by atoms with van der Waals surface area (Å²) in [5.41, 5.74) is 7.64. The Bertz CT molecular complexity index is 1010. The molecular formula is C20H24N8O4. The molecule has 0 amide bonds. The van der Waals surface area contributed by atoms with Gasteiger partial charge in [-0.3, -0.25) is 0 Å². The van der Waals surface area contributed by atoms with E-state index in [0.717, 1.165) is 0 Å². The molecule has 3 aromatic heterocycles. The number of morpholine rings is 1. The van der Waals surface area contributed by atoms with Crippen LogP contribution in [0.1, 0.15) is 0 Å². The molecule has 1 aliphatic rings. The Labute approximate surface area is 184 Å². The molecule has 4 heterocycles. The molecule has 168 valence electrons. The highest BCUT2D eigenvalue weighted by atomic mass is 16.5. The molecule has 0 aromatic carbocycles. The third-order valence-electron chi connectivity index (χ3n) is 4.68. The van der Waals surface area contributed by atoms with Crippen LogP contribution in [0.25, 0.3) is 11.3 Å². The average molecular weight is 440 g/mol. The Balaban J connectivity index is 1.59. The number of nitrogens with zero attached hydrogens (tertiary/aromatic N) is 6. The molecule has 3 aromatic rings. The van der Waals surface area contributed by atoms with Gasteiger partial charge >= 0.3 is 0 Å². The molecule has 0 spiro atoms. The first-order valence-electron chi connectivity index (χ1n) is 10.1. The van der Waals surface area contributed by atoms with E-state index in [0.29, 0.717) is 60.9 Å². The molecule has 0 radical (unpaired) electrons. The summed E-state index contributed by atoms with van der Waals surface area (Å²) in [6.07, 6.45) is 4.08. The number of aliphatic hydroxyl groups excluding tert-OH is 2. The van der Waals surface area contributed by atoms with E-state index in [-0.39, 0.29) is 19.2 Å². The molecule has 0 saturated carbocycles. The molecule has 0 atom stereocenters. The summed E-state index contributed by atoms with van der Waals surface area (Å²) in [5, 5.41) is 21.5. The summed E-state index contributed by atoms with van der Waals surface area (Å²) in [6.45, 7) is 1.98. The predicted octanol–water partition coefficient (Wildman–Crippen LogP) is 0.223. The number of nitrogen functional groups attached to an aromatic ring is 1. The van der Waals surface area contributed by atoms with Gasteiger partial charge in [0.15, 0.2) is 0 Å². The van der Waals surface area contributed by atoms with Crippen LogP contribution in [0.5, 0.6) is 5.88 Å². The molecule has 12 nitrogen and oxygen atoms in total. The standard InChI is InChI=1S/C20H24N8O4/c21-19-23-8-13(9-24-19)16-7-17(27-20(26-16)28-3-5-31-6-4-28)25-14-1-2-18(22-10-14)32-15(11-29)12-30/h1-2,7-10,15,29-30H,3-6,11-12H2,(H2,21,23,24)(H,25,26,27). The van der Waals surface area contributed by atoms with Gasteiger partial charge < -0.3 is 35.6 Å². The van der Waals surface area contributed by atoms with Gasteiger partial charge in [0.1, 0.15) is 11.9 Å². The van der Waals surface area contributed by atoms with Crippen LogP contribution in [0.2, 0.25) is 0 Å². The molecule has 12 heteroatoms. The van der Waals surface area contributed by atoms with Crippen LogP contribution in [-0.2, 0) is 4.74 Å². The van der Waals surface area contributed by atoms with E-state index in [4.69, 9.17) is 25.4 Å². The van der Waals surface area contributed by atoms with Crippen molar-refractivity contribution in [1.29, 1.82) is 0 Å². The zero-order valence-corrected chi connectivity index (χ0v) is 17.3. The van der Waals surface area contributed by atoms with Gasteiger partial charge in [0.2, 0.25) is 17.8 Å². The maximum Gasteiger partial charge on any atom is 0.228 e. The minimum absolute atomic E-state index is 0.188. The second kappa shape index (κ2) is 10.1. The first kappa shape index (κ1) is 21.6. The zero-order chi connectivity index (χ0) is 22.3. The van der Waals surface area contributed by atoms with E-state index in [9.17, 15) is 0 Å². The summed E-state index contributed by atoms with van der Waals surface area (Å²) in [7, 11) is 0. The second-order valence-corrected chi connectivity index (χ2v) is 6.98. The van der Waals surface area contributed by atoms with Crippen molar-refractivity contribution in [2.75, 3.05) is 55.5 Å². The number of rotatable bonds is 8. The number of nitrogens with one attached hydrogen (secondary N) is 1. The minimum Gasteiger partial charge on any atom is -0.469 e. The molecule has 0 unspecified atom stereocenters. The highest BCUT2D eigenvalue weighted by Gasteiger charge is 2.17. The highest BCUT2D eigenvalue weighted by molar-refractivity contribution is 5.66. The summed E-state index contributed by atoms with van der Waals surface area (Å²) >= 11 is 0. The van der Waals surface area contributed by atoms with Gasteiger partial charge in [-0.15, -0.1) is 0 Å². The van der Waals surface area contributed by atoms with Crippen molar-refractivity contribution in [3.8, 4) is 17.1 Å². The van der Waals surface area contributed by atoms with Crippen LogP contribution in [0.3, 0.4) is 0 Å². The van der Waals surface area contributed by atoms with Crippen molar-refractivity contribution >= 4 is 23.4 Å². The van der Waals surface area contributed by atoms with E-state index in [1.807, 2.05) is 0 Å². The van der Waals surface area contributed by atoms with Crippen LogP contribution < -0.4 is 20.7 Å². The largest absolute Gasteiger partial charge is 0.469 e. The fraction of sp³-hybridized carbons (Fsp3) is 0.350. The zero-order valence-electron chi connectivity index (χ0n) is 17.3. The molecule has 1 fully saturated rings. The molecule has 32 heavy (non-hydrogen) atoms. The third-order valence-corrected chi connectivity index (χ3v) is 4.68. The number of hydrogen-bond acceptors (Lipinski definition) is 12. The number of pyridine rings is 1. The summed E-state index contributed by atoms with van der Waals surface area (Å²) < 4.78 is 10.8. The molecule has 1 saturated heterocycles. The van der Waals surface area contributed by atoms with Gasteiger partial charge in [-0.2, -0.15) is 4.98 Å². The van der Waals surface area contributed by atoms with E-state index < -0.39 is 6.10 Å². The van der Waals surface area contributed by atoms with Gasteiger partial charge in [-0.25, -0.2) is 19.9 Å². The molecule has 0 aliphatic carbocycles. The lowest BCUT2D eigenvalue weighted by Gasteiger charge is -2.27. The monoisotopic (exact) mass is 440 g/mol. The number of nitrogens with two attached hydrogens (primary N) is 1. The van der Waals surface area contributed by atoms with Gasteiger partial charge in [0.05, 0.1) is 44.0 Å². The van der Waals surface area contributed by atoms with Crippen LogP contribution in [0.15, 0.2) is 36.8 Å². The Hall–Kier alpha value is -3.61. The maximum absolute atomic E-state index is 9.14. The Morgan fingerprint density at radius 1 is 1.06 bits per heavy atom. The van der Waals surface area contributed by atoms with E-state index in [1.165, 1.54) is 0 Å². The van der Waals surface area contributed by atoms with E-state index >= 15 is 0 Å². The molecule has 5 N–H and O–H groups in total. The molecular weight excluding hydrogens is 416 g/mol. The molecule has 1 aliphatic heterocycles. The van der Waals surface area contributed by atoms with Crippen molar-refractivity contribution < 1.29 is 19.7 Å². The number of aliphatic hydroxyl groups is 2. The van der Waals surface area contributed by atoms with E-state index in [2.05, 4.69) is 35.1 Å². The smallest absolute Gasteiger partial charge is 0.228 e. The Morgan fingerprint density at radius 3 is 2.47 bits per heavy atom. The minimum atomic E-state index is -0.719. The first-order valence-corrected chi connectivity index (χ1v) is 10.1. The van der Waals surface area contributed by atoms with E-state index in [1.54, 1.807) is 36.8 Å². The second-order valence-electron chi connectivity index (χ2n) is 6.98. The van der Waals surface area contributed by atoms with Crippen LogP contribution >= 0.6 is 0 Å². The SMILES string of the molecule is Nc1ncc(-c2cc(Nc3ccc(OC(CO)CO)nc3)nc(N3CCOCC3)n2)cn1. The van der Waals surface area contributed by atoms with Gasteiger partial charge in [0, 0.05) is 43.2 Å². The number of anilines is 4. The van der Waals surface area contributed by atoms with Crippen molar-refractivity contribution in [2.24, 2.45) is 0 Å².